The number of carboxylic acids is 2. The van der Waals surface area contributed by atoms with Crippen molar-refractivity contribution in [3.63, 3.8) is 0 Å². The van der Waals surface area contributed by atoms with E-state index >= 15 is 0 Å². The molecule has 1 saturated carbocycles. The molecule has 19 heavy (non-hydrogen) atoms. The van der Waals surface area contributed by atoms with Crippen LogP contribution < -0.4 is 11.5 Å². The molecule has 0 aromatic rings. The summed E-state index contributed by atoms with van der Waals surface area (Å²) in [5, 5.41) is 18.3. The van der Waals surface area contributed by atoms with Crippen molar-refractivity contribution in [1.82, 2.24) is 0 Å². The van der Waals surface area contributed by atoms with Crippen LogP contribution in [0.25, 0.3) is 0 Å². The van der Waals surface area contributed by atoms with E-state index in [2.05, 4.69) is 0 Å². The van der Waals surface area contributed by atoms with E-state index in [0.717, 1.165) is 0 Å². The Morgan fingerprint density at radius 3 is 2.11 bits per heavy atom. The van der Waals surface area contributed by atoms with Gasteiger partial charge in [0, 0.05) is 38.6 Å². The monoisotopic (exact) mass is 453 g/mol. The van der Waals surface area contributed by atoms with Gasteiger partial charge < -0.3 is 21.7 Å². The first-order valence-corrected chi connectivity index (χ1v) is 6.12. The summed E-state index contributed by atoms with van der Waals surface area (Å²) < 4.78 is 0. The van der Waals surface area contributed by atoms with Gasteiger partial charge >= 0.3 is 11.9 Å². The Hall–Kier alpha value is -0.452. The van der Waals surface area contributed by atoms with Gasteiger partial charge in [-0.15, -0.1) is 0 Å². The summed E-state index contributed by atoms with van der Waals surface area (Å²) in [6.07, 6.45) is 1.88. The van der Waals surface area contributed by atoms with Crippen molar-refractivity contribution in [2.45, 2.75) is 51.1 Å². The second-order valence-electron chi connectivity index (χ2n) is 5.92. The Bertz CT molecular complexity index is 340. The summed E-state index contributed by atoms with van der Waals surface area (Å²) in [6, 6.07) is -0.436. The van der Waals surface area contributed by atoms with Gasteiger partial charge in [0.05, 0.1) is 0 Å². The van der Waals surface area contributed by atoms with Crippen LogP contribution in [0.5, 0.6) is 0 Å². The maximum Gasteiger partial charge on any atom is 0.321 e. The quantitative estimate of drug-likeness (QED) is 0.431. The van der Waals surface area contributed by atoms with Gasteiger partial charge in [0.1, 0.15) is 0 Å². The number of aliphatic carboxylic acids is 2. The third-order valence-corrected chi connectivity index (χ3v) is 3.88. The Labute approximate surface area is 127 Å². The van der Waals surface area contributed by atoms with E-state index in [1.54, 1.807) is 0 Å². The molecule has 0 amide bonds. The Morgan fingerprint density at radius 2 is 1.84 bits per heavy atom. The zero-order valence-electron chi connectivity index (χ0n) is 11.2. The minimum atomic E-state index is -1.70. The number of hydrogen-bond acceptors (Lipinski definition) is 4. The molecule has 0 aliphatic heterocycles. The van der Waals surface area contributed by atoms with Gasteiger partial charge in [-0.2, -0.15) is 0 Å². The number of carbonyl (C=O) groups is 2. The topological polar surface area (TPSA) is 127 Å². The molecule has 2 unspecified atom stereocenters. The molecule has 0 spiro atoms. The van der Waals surface area contributed by atoms with Crippen molar-refractivity contribution in [2.24, 2.45) is 22.8 Å². The van der Waals surface area contributed by atoms with Gasteiger partial charge in [-0.1, -0.05) is 0 Å². The first-order valence-electron chi connectivity index (χ1n) is 6.12. The molecule has 2 atom stereocenters. The van der Waals surface area contributed by atoms with Gasteiger partial charge in [0.15, 0.2) is 5.41 Å². The van der Waals surface area contributed by atoms with Crippen LogP contribution >= 0.6 is 0 Å². The van der Waals surface area contributed by atoms with E-state index in [0.29, 0.717) is 19.3 Å². The first-order chi connectivity index (χ1) is 8.11. The first kappa shape index (κ1) is 18.5. The summed E-state index contributed by atoms with van der Waals surface area (Å²) in [7, 11) is 0. The summed E-state index contributed by atoms with van der Waals surface area (Å²) >= 11 is 0. The van der Waals surface area contributed by atoms with Crippen LogP contribution in [0.15, 0.2) is 0 Å². The maximum absolute atomic E-state index is 11.2. The van der Waals surface area contributed by atoms with Crippen molar-refractivity contribution in [3.8, 4) is 0 Å². The fourth-order valence-corrected chi connectivity index (χ4v) is 2.54. The molecule has 0 heterocycles. The SMILES string of the molecule is CC(C)(N)CCC(N)C1CCC1(C(=O)O)C(=O)O.[Pt]. The number of rotatable bonds is 6. The largest absolute Gasteiger partial charge is 0.480 e. The molecule has 6 N–H and O–H groups in total. The molecule has 0 aromatic carbocycles. The van der Waals surface area contributed by atoms with Crippen LogP contribution in [0.4, 0.5) is 0 Å². The van der Waals surface area contributed by atoms with Crippen LogP contribution in [0.1, 0.15) is 39.5 Å². The minimum absolute atomic E-state index is 0. The molecule has 114 valence electrons. The number of hydrogen-bond donors (Lipinski definition) is 4. The zero-order valence-corrected chi connectivity index (χ0v) is 13.4. The molecule has 6 nitrogen and oxygen atoms in total. The Balaban J connectivity index is 0.00000324. The molecule has 0 saturated heterocycles. The smallest absolute Gasteiger partial charge is 0.321 e. The van der Waals surface area contributed by atoms with Gasteiger partial charge in [-0.05, 0) is 39.5 Å². The molecular weight excluding hydrogens is 431 g/mol. The number of carboxylic acid groups (broad SMARTS) is 2. The Morgan fingerprint density at radius 1 is 1.37 bits per heavy atom. The van der Waals surface area contributed by atoms with E-state index in [-0.39, 0.29) is 33.0 Å². The van der Waals surface area contributed by atoms with Crippen LogP contribution in [0.3, 0.4) is 0 Å². The summed E-state index contributed by atoms with van der Waals surface area (Å²) in [4.78, 5) is 22.4. The molecule has 1 fully saturated rings. The third kappa shape index (κ3) is 3.77. The zero-order chi connectivity index (χ0) is 14.1. The average molecular weight is 453 g/mol. The standard InChI is InChI=1S/C12H22N2O4.Pt/c1-11(2,14)5-4-8(13)7-3-6-12(7,9(15)16)10(17)18;/h7-8H,3-6,13-14H2,1-2H3,(H,15,16)(H,17,18);. The van der Waals surface area contributed by atoms with Crippen molar-refractivity contribution in [3.05, 3.63) is 0 Å². The van der Waals surface area contributed by atoms with E-state index in [4.69, 9.17) is 21.7 Å². The van der Waals surface area contributed by atoms with Gasteiger partial charge in [0.2, 0.25) is 0 Å². The predicted octanol–water partition coefficient (Wildman–Crippen LogP) is 0.394. The van der Waals surface area contributed by atoms with Crippen molar-refractivity contribution in [2.75, 3.05) is 0 Å². The van der Waals surface area contributed by atoms with Crippen molar-refractivity contribution < 1.29 is 40.9 Å². The summed E-state index contributed by atoms with van der Waals surface area (Å²) in [5.74, 6) is -3.07. The second kappa shape index (κ2) is 6.33. The number of nitrogens with two attached hydrogens (primary N) is 2. The third-order valence-electron chi connectivity index (χ3n) is 3.88. The molecule has 0 bridgehead atoms. The van der Waals surface area contributed by atoms with Crippen LogP contribution in [-0.4, -0.2) is 33.7 Å². The van der Waals surface area contributed by atoms with Gasteiger partial charge in [-0.25, -0.2) is 0 Å². The van der Waals surface area contributed by atoms with Crippen LogP contribution in [0.2, 0.25) is 0 Å². The van der Waals surface area contributed by atoms with Crippen molar-refractivity contribution in [1.29, 1.82) is 0 Å². The fraction of sp³-hybridized carbons (Fsp3) is 0.833. The molecular formula is C12H22N2O4Pt. The summed E-state index contributed by atoms with van der Waals surface area (Å²) in [5.41, 5.74) is 9.72. The van der Waals surface area contributed by atoms with E-state index in [1.807, 2.05) is 13.8 Å². The Kier molecular flexibility index (Phi) is 6.18. The summed E-state index contributed by atoms with van der Waals surface area (Å²) in [6.45, 7) is 3.73. The molecule has 1 aliphatic carbocycles. The van der Waals surface area contributed by atoms with E-state index in [9.17, 15) is 9.59 Å². The maximum atomic E-state index is 11.2. The minimum Gasteiger partial charge on any atom is -0.480 e. The predicted molar refractivity (Wildman–Crippen MR) is 65.9 cm³/mol. The second-order valence-corrected chi connectivity index (χ2v) is 5.92. The van der Waals surface area contributed by atoms with Crippen LogP contribution in [0, 0.1) is 11.3 Å². The molecule has 0 aromatic heterocycles. The van der Waals surface area contributed by atoms with Crippen LogP contribution in [-0.2, 0) is 30.7 Å². The van der Waals surface area contributed by atoms with Crippen molar-refractivity contribution >= 4 is 11.9 Å². The molecule has 7 heteroatoms. The fourth-order valence-electron chi connectivity index (χ4n) is 2.54. The molecule has 0 radical (unpaired) electrons. The van der Waals surface area contributed by atoms with E-state index in [1.165, 1.54) is 0 Å². The van der Waals surface area contributed by atoms with Gasteiger partial charge in [0.25, 0.3) is 0 Å². The molecule has 1 aliphatic rings. The van der Waals surface area contributed by atoms with E-state index < -0.39 is 29.3 Å². The average Bonchev–Trinajstić information content (AvgIpc) is 2.11. The molecule has 1 rings (SSSR count). The van der Waals surface area contributed by atoms with Gasteiger partial charge in [-0.3, -0.25) is 9.59 Å². The normalized spacial score (nSPS) is 22.8.